The summed E-state index contributed by atoms with van der Waals surface area (Å²) in [5.41, 5.74) is 5.75. The predicted molar refractivity (Wildman–Crippen MR) is 149 cm³/mol. The van der Waals surface area contributed by atoms with E-state index in [4.69, 9.17) is 0 Å². The van der Waals surface area contributed by atoms with E-state index in [0.717, 1.165) is 42.4 Å². The summed E-state index contributed by atoms with van der Waals surface area (Å²) in [5.74, 6) is 0.525. The minimum absolute atomic E-state index is 0.000670. The SMILES string of the molecule is Cc1ccc(C(=O)N2CCC(c3ccc(-c4cnn(C)c4)cc3)CC2)cc1NC(=O)C1CN(C(=O)C2CC2)C1. The molecule has 0 bridgehead atoms. The molecule has 1 saturated carbocycles. The van der Waals surface area contributed by atoms with Crippen LogP contribution in [0.1, 0.15) is 53.1 Å². The van der Waals surface area contributed by atoms with Gasteiger partial charge < -0.3 is 15.1 Å². The number of piperidine rings is 1. The van der Waals surface area contributed by atoms with Gasteiger partial charge in [0.1, 0.15) is 0 Å². The molecule has 6 rings (SSSR count). The van der Waals surface area contributed by atoms with Crippen LogP contribution >= 0.6 is 0 Å². The van der Waals surface area contributed by atoms with Gasteiger partial charge in [-0.2, -0.15) is 5.10 Å². The molecule has 3 aromatic rings. The van der Waals surface area contributed by atoms with Crippen LogP contribution in [-0.4, -0.2) is 63.5 Å². The van der Waals surface area contributed by atoms with Crippen molar-refractivity contribution >= 4 is 23.4 Å². The Hall–Kier alpha value is -3.94. The predicted octanol–water partition coefficient (Wildman–Crippen LogP) is 4.22. The fourth-order valence-corrected chi connectivity index (χ4v) is 5.65. The molecule has 0 spiro atoms. The quantitative estimate of drug-likeness (QED) is 0.522. The number of carbonyl (C=O) groups is 3. The molecule has 1 N–H and O–H groups in total. The second kappa shape index (κ2) is 10.3. The first-order valence-electron chi connectivity index (χ1n) is 13.9. The Balaban J connectivity index is 1.03. The molecule has 0 unspecified atom stereocenters. The average molecular weight is 526 g/mol. The van der Waals surface area contributed by atoms with Crippen LogP contribution in [-0.2, 0) is 16.6 Å². The number of benzene rings is 2. The zero-order chi connectivity index (χ0) is 27.1. The van der Waals surface area contributed by atoms with Gasteiger partial charge in [-0.1, -0.05) is 30.3 Å². The summed E-state index contributed by atoms with van der Waals surface area (Å²) >= 11 is 0. The van der Waals surface area contributed by atoms with Crippen LogP contribution in [0, 0.1) is 18.8 Å². The molecule has 2 aliphatic heterocycles. The molecule has 3 amide bonds. The zero-order valence-electron chi connectivity index (χ0n) is 22.6. The lowest BCUT2D eigenvalue weighted by Crippen LogP contribution is -2.54. The molecule has 3 heterocycles. The van der Waals surface area contributed by atoms with E-state index in [-0.39, 0.29) is 29.6 Å². The number of likely N-dealkylation sites (tertiary alicyclic amines) is 2. The highest BCUT2D eigenvalue weighted by molar-refractivity contribution is 5.99. The van der Waals surface area contributed by atoms with Gasteiger partial charge in [0.15, 0.2) is 0 Å². The van der Waals surface area contributed by atoms with Crippen molar-refractivity contribution in [1.82, 2.24) is 19.6 Å². The highest BCUT2D eigenvalue weighted by Crippen LogP contribution is 2.34. The Morgan fingerprint density at radius 1 is 0.872 bits per heavy atom. The van der Waals surface area contributed by atoms with Crippen molar-refractivity contribution in [3.8, 4) is 11.1 Å². The Morgan fingerprint density at radius 2 is 1.59 bits per heavy atom. The molecule has 8 heteroatoms. The lowest BCUT2D eigenvalue weighted by molar-refractivity contribution is -0.142. The van der Waals surface area contributed by atoms with Gasteiger partial charge in [0, 0.05) is 62.2 Å². The molecular weight excluding hydrogens is 490 g/mol. The highest BCUT2D eigenvalue weighted by atomic mass is 16.2. The monoisotopic (exact) mass is 525 g/mol. The summed E-state index contributed by atoms with van der Waals surface area (Å²) in [4.78, 5) is 42.0. The molecule has 202 valence electrons. The molecule has 8 nitrogen and oxygen atoms in total. The molecule has 3 aliphatic rings. The maximum Gasteiger partial charge on any atom is 0.253 e. The van der Waals surface area contributed by atoms with Crippen LogP contribution in [0.5, 0.6) is 0 Å². The molecule has 1 aromatic heterocycles. The van der Waals surface area contributed by atoms with E-state index < -0.39 is 0 Å². The molecule has 2 aromatic carbocycles. The Bertz CT molecular complexity index is 1390. The van der Waals surface area contributed by atoms with Crippen molar-refractivity contribution in [1.29, 1.82) is 0 Å². The van der Waals surface area contributed by atoms with E-state index in [1.807, 2.05) is 48.1 Å². The lowest BCUT2D eigenvalue weighted by Gasteiger charge is -2.38. The third-order valence-corrected chi connectivity index (χ3v) is 8.44. The van der Waals surface area contributed by atoms with Crippen molar-refractivity contribution in [3.63, 3.8) is 0 Å². The Kier molecular flexibility index (Phi) is 6.71. The van der Waals surface area contributed by atoms with E-state index in [0.29, 0.717) is 43.3 Å². The third kappa shape index (κ3) is 5.33. The van der Waals surface area contributed by atoms with Crippen molar-refractivity contribution in [3.05, 3.63) is 71.5 Å². The molecule has 2 saturated heterocycles. The largest absolute Gasteiger partial charge is 0.341 e. The van der Waals surface area contributed by atoms with Crippen LogP contribution < -0.4 is 5.32 Å². The van der Waals surface area contributed by atoms with E-state index in [1.165, 1.54) is 5.56 Å². The van der Waals surface area contributed by atoms with E-state index in [2.05, 4.69) is 34.7 Å². The minimum atomic E-state index is -0.191. The number of anilines is 1. The fraction of sp³-hybridized carbons (Fsp3) is 0.419. The molecule has 0 radical (unpaired) electrons. The molecule has 39 heavy (non-hydrogen) atoms. The van der Waals surface area contributed by atoms with Crippen LogP contribution in [0.3, 0.4) is 0 Å². The first-order valence-corrected chi connectivity index (χ1v) is 13.9. The van der Waals surface area contributed by atoms with E-state index in [1.54, 1.807) is 11.0 Å². The van der Waals surface area contributed by atoms with Gasteiger partial charge in [-0.15, -0.1) is 0 Å². The second-order valence-corrected chi connectivity index (χ2v) is 11.3. The summed E-state index contributed by atoms with van der Waals surface area (Å²) in [5, 5.41) is 7.26. The highest BCUT2D eigenvalue weighted by Gasteiger charge is 2.41. The maximum atomic E-state index is 13.3. The summed E-state index contributed by atoms with van der Waals surface area (Å²) in [6.45, 7) is 4.31. The molecular formula is C31H35N5O3. The van der Waals surface area contributed by atoms with Gasteiger partial charge in [-0.3, -0.25) is 19.1 Å². The van der Waals surface area contributed by atoms with E-state index in [9.17, 15) is 14.4 Å². The first kappa shape index (κ1) is 25.3. The second-order valence-electron chi connectivity index (χ2n) is 11.3. The summed E-state index contributed by atoms with van der Waals surface area (Å²) in [6.07, 6.45) is 7.68. The standard InChI is InChI=1S/C31H35N5O3/c1-20-3-4-25(15-28(20)33-29(37)27-18-36(19-27)30(38)24-9-10-24)31(39)35-13-11-23(12-14-35)21-5-7-22(8-6-21)26-16-32-34(2)17-26/h3-8,15-17,23-24,27H,9-14,18-19H2,1-2H3,(H,33,37). The van der Waals surface area contributed by atoms with Crippen LogP contribution in [0.15, 0.2) is 54.9 Å². The molecule has 3 fully saturated rings. The van der Waals surface area contributed by atoms with Crippen LogP contribution in [0.2, 0.25) is 0 Å². The number of rotatable bonds is 6. The van der Waals surface area contributed by atoms with Crippen molar-refractivity contribution in [2.24, 2.45) is 18.9 Å². The fourth-order valence-electron chi connectivity index (χ4n) is 5.65. The summed E-state index contributed by atoms with van der Waals surface area (Å²) in [7, 11) is 1.92. The van der Waals surface area contributed by atoms with Gasteiger partial charge in [0.05, 0.1) is 12.1 Å². The van der Waals surface area contributed by atoms with Crippen molar-refractivity contribution in [2.45, 2.75) is 38.5 Å². The molecule has 0 atom stereocenters. The number of aryl methyl sites for hydroxylation is 2. The van der Waals surface area contributed by atoms with Crippen molar-refractivity contribution < 1.29 is 14.4 Å². The smallest absolute Gasteiger partial charge is 0.253 e. The topological polar surface area (TPSA) is 87.5 Å². The van der Waals surface area contributed by atoms with Gasteiger partial charge >= 0.3 is 0 Å². The third-order valence-electron chi connectivity index (χ3n) is 8.44. The van der Waals surface area contributed by atoms with Crippen LogP contribution in [0.25, 0.3) is 11.1 Å². The number of nitrogens with zero attached hydrogens (tertiary/aromatic N) is 4. The number of amides is 3. The van der Waals surface area contributed by atoms with Crippen molar-refractivity contribution in [2.75, 3.05) is 31.5 Å². The van der Waals surface area contributed by atoms with Gasteiger partial charge in [0.25, 0.3) is 5.91 Å². The first-order chi connectivity index (χ1) is 18.9. The normalized spacial score (nSPS) is 18.1. The average Bonchev–Trinajstić information content (AvgIpc) is 3.69. The molecule has 1 aliphatic carbocycles. The van der Waals surface area contributed by atoms with Gasteiger partial charge in [-0.05, 0) is 67.3 Å². The Morgan fingerprint density at radius 3 is 2.23 bits per heavy atom. The Labute approximate surface area is 229 Å². The number of nitrogens with one attached hydrogen (secondary N) is 1. The van der Waals surface area contributed by atoms with Crippen LogP contribution in [0.4, 0.5) is 5.69 Å². The van der Waals surface area contributed by atoms with Gasteiger partial charge in [0.2, 0.25) is 11.8 Å². The number of carbonyl (C=O) groups excluding carboxylic acids is 3. The number of hydrogen-bond acceptors (Lipinski definition) is 4. The number of hydrogen-bond donors (Lipinski definition) is 1. The summed E-state index contributed by atoms with van der Waals surface area (Å²) in [6, 6.07) is 14.2. The maximum absolute atomic E-state index is 13.3. The van der Waals surface area contributed by atoms with E-state index >= 15 is 0 Å². The van der Waals surface area contributed by atoms with Gasteiger partial charge in [-0.25, -0.2) is 0 Å². The summed E-state index contributed by atoms with van der Waals surface area (Å²) < 4.78 is 1.81. The number of aromatic nitrogens is 2. The lowest BCUT2D eigenvalue weighted by atomic mass is 9.88. The zero-order valence-corrected chi connectivity index (χ0v) is 22.6. The minimum Gasteiger partial charge on any atom is -0.341 e.